The molecule has 0 N–H and O–H groups in total. The van der Waals surface area contributed by atoms with Gasteiger partial charge >= 0.3 is 6.18 Å². The van der Waals surface area contributed by atoms with Crippen LogP contribution in [0.2, 0.25) is 0 Å². The Kier molecular flexibility index (Phi) is 7.79. The smallest absolute Gasteiger partial charge is 0.336 e. The van der Waals surface area contributed by atoms with E-state index in [2.05, 4.69) is 24.8 Å². The van der Waals surface area contributed by atoms with E-state index in [9.17, 15) is 27.2 Å². The van der Waals surface area contributed by atoms with Crippen LogP contribution in [0.3, 0.4) is 0 Å². The van der Waals surface area contributed by atoms with Gasteiger partial charge in [-0.15, -0.1) is 0 Å². The molecular formula is C31H35F4N3O2. The second-order valence-corrected chi connectivity index (χ2v) is 11.8. The van der Waals surface area contributed by atoms with Crippen molar-refractivity contribution in [2.24, 2.45) is 17.3 Å². The van der Waals surface area contributed by atoms with Gasteiger partial charge in [-0.2, -0.15) is 13.2 Å². The molecule has 1 aliphatic heterocycles. The third kappa shape index (κ3) is 5.80. The van der Waals surface area contributed by atoms with Crippen LogP contribution in [0.5, 0.6) is 0 Å². The lowest BCUT2D eigenvalue weighted by Crippen LogP contribution is -2.52. The number of amides is 2. The first-order chi connectivity index (χ1) is 18.9. The zero-order valence-corrected chi connectivity index (χ0v) is 22.9. The molecular weight excluding hydrogens is 522 g/mol. The minimum Gasteiger partial charge on any atom is -0.336 e. The van der Waals surface area contributed by atoms with Crippen LogP contribution in [-0.2, 0) is 6.18 Å². The number of carbonyl (C=O) groups excluding carboxylic acids is 2. The Bertz CT molecular complexity index is 1280. The lowest BCUT2D eigenvalue weighted by Gasteiger charge is -2.57. The molecule has 2 aromatic rings. The molecule has 6 rings (SSSR count). The van der Waals surface area contributed by atoms with E-state index in [1.807, 2.05) is 4.90 Å². The summed E-state index contributed by atoms with van der Waals surface area (Å²) in [6.45, 7) is 8.11. The van der Waals surface area contributed by atoms with Crippen molar-refractivity contribution in [3.8, 4) is 0 Å². The summed E-state index contributed by atoms with van der Waals surface area (Å²) in [4.78, 5) is 32.0. The van der Waals surface area contributed by atoms with Crippen LogP contribution < -0.4 is 0 Å². The maximum absolute atomic E-state index is 13.5. The normalized spacial score (nSPS) is 22.4. The fourth-order valence-electron chi connectivity index (χ4n) is 6.35. The highest BCUT2D eigenvalue weighted by Gasteiger charge is 2.51. The minimum absolute atomic E-state index is 0.0289. The van der Waals surface area contributed by atoms with Crippen LogP contribution in [0.15, 0.2) is 60.2 Å². The summed E-state index contributed by atoms with van der Waals surface area (Å²) in [6, 6.07) is 10.2. The van der Waals surface area contributed by atoms with Gasteiger partial charge < -0.3 is 9.80 Å². The van der Waals surface area contributed by atoms with Crippen LogP contribution in [0.25, 0.3) is 0 Å². The molecule has 1 heterocycles. The molecule has 1 saturated carbocycles. The fourth-order valence-corrected chi connectivity index (χ4v) is 6.35. The minimum atomic E-state index is -4.50. The van der Waals surface area contributed by atoms with Gasteiger partial charge in [-0.25, -0.2) is 4.39 Å². The number of halogens is 4. The first-order valence-electron chi connectivity index (χ1n) is 13.9. The van der Waals surface area contributed by atoms with Gasteiger partial charge in [-0.05, 0) is 72.6 Å². The Morgan fingerprint density at radius 1 is 1.00 bits per heavy atom. The second kappa shape index (κ2) is 11.0. The van der Waals surface area contributed by atoms with E-state index in [1.165, 1.54) is 42.0 Å². The maximum atomic E-state index is 13.5. The molecule has 9 heteroatoms. The number of benzene rings is 2. The molecule has 40 heavy (non-hydrogen) atoms. The average molecular weight is 558 g/mol. The highest BCUT2D eigenvalue weighted by Crippen LogP contribution is 2.59. The van der Waals surface area contributed by atoms with E-state index in [0.29, 0.717) is 63.2 Å². The predicted octanol–water partition coefficient (Wildman–Crippen LogP) is 5.74. The quantitative estimate of drug-likeness (QED) is 0.322. The summed E-state index contributed by atoms with van der Waals surface area (Å²) in [6.07, 6.45) is -0.0400. The molecule has 0 spiro atoms. The van der Waals surface area contributed by atoms with E-state index in [4.69, 9.17) is 0 Å². The maximum Gasteiger partial charge on any atom is 0.416 e. The zero-order chi connectivity index (χ0) is 28.7. The first-order valence-corrected chi connectivity index (χ1v) is 13.9. The predicted molar refractivity (Wildman–Crippen MR) is 144 cm³/mol. The molecule has 0 radical (unpaired) electrons. The summed E-state index contributed by atoms with van der Waals surface area (Å²) < 4.78 is 52.8. The highest BCUT2D eigenvalue weighted by molar-refractivity contribution is 5.95. The van der Waals surface area contributed by atoms with Crippen molar-refractivity contribution in [1.82, 2.24) is 14.7 Å². The zero-order valence-electron chi connectivity index (χ0n) is 22.9. The average Bonchev–Trinajstić information content (AvgIpc) is 2.94. The fraction of sp³-hybridized carbons (Fsp3) is 0.484. The molecule has 2 aromatic carbocycles. The van der Waals surface area contributed by atoms with Crippen LogP contribution in [0.4, 0.5) is 17.6 Å². The lowest BCUT2D eigenvalue weighted by atomic mass is 9.49. The van der Waals surface area contributed by atoms with Crippen LogP contribution in [0, 0.1) is 23.1 Å². The lowest BCUT2D eigenvalue weighted by molar-refractivity contribution is -0.137. The number of hydrogen-bond donors (Lipinski definition) is 0. The van der Waals surface area contributed by atoms with Gasteiger partial charge in [-0.1, -0.05) is 31.6 Å². The van der Waals surface area contributed by atoms with E-state index >= 15 is 0 Å². The van der Waals surface area contributed by atoms with Gasteiger partial charge in [0.1, 0.15) is 5.82 Å². The molecule has 1 saturated heterocycles. The third-order valence-electron chi connectivity index (χ3n) is 9.12. The Hall–Kier alpha value is -3.20. The molecule has 0 aromatic heterocycles. The van der Waals surface area contributed by atoms with Gasteiger partial charge in [0, 0.05) is 56.9 Å². The number of piperazine rings is 1. The van der Waals surface area contributed by atoms with Crippen molar-refractivity contribution >= 4 is 11.8 Å². The summed E-state index contributed by atoms with van der Waals surface area (Å²) >= 11 is 0. The Morgan fingerprint density at radius 3 is 2.33 bits per heavy atom. The number of allylic oxidation sites excluding steroid dienone is 1. The standard InChI is InChI=1S/C31H35F4N3O2/c1-30(2)24-9-6-23(27(30)19-24)20-38(28(39)21-7-10-26(32)11-8-21)17-14-36-12-15-37(16-13-36)29(40)22-4-3-5-25(18-22)31(33,34)35/h3-8,10-11,18,24,27H,9,12-17,19-20H2,1-2H3. The first kappa shape index (κ1) is 28.3. The highest BCUT2D eigenvalue weighted by atomic mass is 19.4. The van der Waals surface area contributed by atoms with Gasteiger partial charge in [0.15, 0.2) is 0 Å². The monoisotopic (exact) mass is 557 g/mol. The van der Waals surface area contributed by atoms with Crippen molar-refractivity contribution in [3.05, 3.63) is 82.7 Å². The molecule has 214 valence electrons. The Balaban J connectivity index is 1.21. The van der Waals surface area contributed by atoms with E-state index < -0.39 is 23.5 Å². The van der Waals surface area contributed by atoms with Crippen LogP contribution in [-0.4, -0.2) is 72.3 Å². The summed E-state index contributed by atoms with van der Waals surface area (Å²) in [5, 5.41) is 0. The van der Waals surface area contributed by atoms with Crippen molar-refractivity contribution in [3.63, 3.8) is 0 Å². The van der Waals surface area contributed by atoms with E-state index in [0.717, 1.165) is 25.0 Å². The van der Waals surface area contributed by atoms with Crippen molar-refractivity contribution in [2.45, 2.75) is 32.9 Å². The van der Waals surface area contributed by atoms with Crippen molar-refractivity contribution in [2.75, 3.05) is 45.8 Å². The van der Waals surface area contributed by atoms with Crippen LogP contribution in [0.1, 0.15) is 53.0 Å². The Morgan fingerprint density at radius 2 is 1.70 bits per heavy atom. The van der Waals surface area contributed by atoms with E-state index in [1.54, 1.807) is 4.90 Å². The summed E-state index contributed by atoms with van der Waals surface area (Å²) in [5.74, 6) is 0.207. The number of alkyl halides is 3. The van der Waals surface area contributed by atoms with Crippen LogP contribution >= 0.6 is 0 Å². The molecule has 2 fully saturated rings. The number of rotatable bonds is 7. The topological polar surface area (TPSA) is 43.9 Å². The number of carbonyl (C=O) groups is 2. The third-order valence-corrected chi connectivity index (χ3v) is 9.12. The Labute approximate surface area is 232 Å². The van der Waals surface area contributed by atoms with Crippen molar-refractivity contribution < 1.29 is 27.2 Å². The SMILES string of the molecule is CC1(C)C2CC=C(CN(CCN3CCN(C(=O)c4cccc(C(F)(F)F)c4)CC3)C(=O)c3ccc(F)cc3)C1C2. The molecule has 4 aliphatic rings. The molecule has 2 amide bonds. The molecule has 2 bridgehead atoms. The molecule has 5 nitrogen and oxygen atoms in total. The number of nitrogens with zero attached hydrogens (tertiary/aromatic N) is 3. The molecule has 2 atom stereocenters. The largest absolute Gasteiger partial charge is 0.416 e. The molecule has 3 aliphatic carbocycles. The summed E-state index contributed by atoms with van der Waals surface area (Å²) in [7, 11) is 0. The number of fused-ring (bicyclic) bond motifs is 1. The number of hydrogen-bond acceptors (Lipinski definition) is 3. The van der Waals surface area contributed by atoms with E-state index in [-0.39, 0.29) is 16.9 Å². The van der Waals surface area contributed by atoms with Gasteiger partial charge in [0.2, 0.25) is 0 Å². The van der Waals surface area contributed by atoms with Gasteiger partial charge in [-0.3, -0.25) is 14.5 Å². The summed E-state index contributed by atoms with van der Waals surface area (Å²) in [5.41, 5.74) is 1.16. The van der Waals surface area contributed by atoms with Gasteiger partial charge in [0.05, 0.1) is 5.56 Å². The molecule has 2 unspecified atom stereocenters. The van der Waals surface area contributed by atoms with Crippen molar-refractivity contribution in [1.29, 1.82) is 0 Å². The van der Waals surface area contributed by atoms with Gasteiger partial charge in [0.25, 0.3) is 11.8 Å². The second-order valence-electron chi connectivity index (χ2n) is 11.8.